The predicted octanol–water partition coefficient (Wildman–Crippen LogP) is 3.34. The molecule has 1 unspecified atom stereocenters. The third-order valence-electron chi connectivity index (χ3n) is 3.81. The van der Waals surface area contributed by atoms with E-state index >= 15 is 0 Å². The van der Waals surface area contributed by atoms with Gasteiger partial charge in [0.25, 0.3) is 0 Å². The zero-order valence-corrected chi connectivity index (χ0v) is 14.2. The molecule has 2 N–H and O–H groups in total. The van der Waals surface area contributed by atoms with Crippen molar-refractivity contribution in [2.75, 3.05) is 18.0 Å². The summed E-state index contributed by atoms with van der Waals surface area (Å²) >= 11 is 3.57. The summed E-state index contributed by atoms with van der Waals surface area (Å²) in [4.78, 5) is 2.43. The number of hydrogen-bond donors (Lipinski definition) is 1. The quantitative estimate of drug-likeness (QED) is 0.913. The summed E-state index contributed by atoms with van der Waals surface area (Å²) in [5.41, 5.74) is 8.78. The first-order chi connectivity index (χ1) is 9.49. The minimum absolute atomic E-state index is 0.221. The maximum absolute atomic E-state index is 6.15. The Morgan fingerprint density at radius 2 is 2.00 bits per heavy atom. The maximum Gasteiger partial charge on any atom is 0.0726 e. The Balaban J connectivity index is 2.25. The third kappa shape index (κ3) is 3.96. The van der Waals surface area contributed by atoms with E-state index in [0.29, 0.717) is 0 Å². The molecule has 1 heterocycles. The summed E-state index contributed by atoms with van der Waals surface area (Å²) in [5.74, 6) is 0. The Bertz CT molecular complexity index is 442. The van der Waals surface area contributed by atoms with Gasteiger partial charge in [-0.05, 0) is 50.5 Å². The lowest BCUT2D eigenvalue weighted by Gasteiger charge is -2.38. The second-order valence-corrected chi connectivity index (χ2v) is 6.72. The minimum atomic E-state index is 0.221. The lowest BCUT2D eigenvalue weighted by Crippen LogP contribution is -2.46. The van der Waals surface area contributed by atoms with E-state index in [-0.39, 0.29) is 18.2 Å². The van der Waals surface area contributed by atoms with Crippen molar-refractivity contribution in [3.63, 3.8) is 0 Å². The zero-order chi connectivity index (χ0) is 14.7. The highest BCUT2D eigenvalue weighted by Gasteiger charge is 2.24. The second-order valence-electron chi connectivity index (χ2n) is 5.81. The molecule has 0 aromatic heterocycles. The van der Waals surface area contributed by atoms with Gasteiger partial charge >= 0.3 is 0 Å². The van der Waals surface area contributed by atoms with Crippen LogP contribution in [0.15, 0.2) is 22.7 Å². The molecule has 0 bridgehead atoms. The number of morpholine rings is 1. The van der Waals surface area contributed by atoms with Crippen LogP contribution in [0.1, 0.15) is 32.8 Å². The smallest absolute Gasteiger partial charge is 0.0726 e. The van der Waals surface area contributed by atoms with Crippen molar-refractivity contribution < 1.29 is 4.74 Å². The lowest BCUT2D eigenvalue weighted by molar-refractivity contribution is -0.00526. The van der Waals surface area contributed by atoms with Crippen molar-refractivity contribution in [3.05, 3.63) is 28.2 Å². The number of nitrogens with two attached hydrogens (primary N) is 1. The zero-order valence-electron chi connectivity index (χ0n) is 12.6. The topological polar surface area (TPSA) is 38.5 Å². The Morgan fingerprint density at radius 1 is 1.35 bits per heavy atom. The number of rotatable bonds is 4. The van der Waals surface area contributed by atoms with Crippen LogP contribution in [0.25, 0.3) is 0 Å². The molecule has 0 amide bonds. The molecule has 4 heteroatoms. The molecular weight excluding hydrogens is 316 g/mol. The normalized spacial score (nSPS) is 24.8. The van der Waals surface area contributed by atoms with Crippen LogP contribution in [0.5, 0.6) is 0 Å². The number of anilines is 1. The van der Waals surface area contributed by atoms with Gasteiger partial charge in [0.05, 0.1) is 12.2 Å². The molecule has 1 aromatic carbocycles. The van der Waals surface area contributed by atoms with E-state index in [1.165, 1.54) is 11.3 Å². The largest absolute Gasteiger partial charge is 0.372 e. The van der Waals surface area contributed by atoms with Gasteiger partial charge in [0.2, 0.25) is 0 Å². The molecule has 2 rings (SSSR count). The average Bonchev–Trinajstić information content (AvgIpc) is 2.37. The molecular formula is C16H25BrN2O. The van der Waals surface area contributed by atoms with Gasteiger partial charge in [0, 0.05) is 29.3 Å². The molecule has 1 fully saturated rings. The van der Waals surface area contributed by atoms with E-state index in [0.717, 1.165) is 30.4 Å². The van der Waals surface area contributed by atoms with Gasteiger partial charge in [-0.15, -0.1) is 0 Å². The van der Waals surface area contributed by atoms with Crippen LogP contribution in [0.2, 0.25) is 0 Å². The first-order valence-electron chi connectivity index (χ1n) is 7.44. The number of benzene rings is 1. The Labute approximate surface area is 130 Å². The fourth-order valence-corrected chi connectivity index (χ4v) is 3.24. The monoisotopic (exact) mass is 340 g/mol. The number of halogens is 1. The average molecular weight is 341 g/mol. The number of hydrogen-bond acceptors (Lipinski definition) is 3. The molecule has 0 saturated carbocycles. The van der Waals surface area contributed by atoms with Crippen molar-refractivity contribution in [1.82, 2.24) is 0 Å². The standard InChI is InChI=1S/C16H25BrN2O/c1-4-15(18)8-13-7-14(17)5-6-16(13)19-9-11(2)20-12(3)10-19/h5-7,11-12,15H,4,8-10,18H2,1-3H3/t11-,12+,15?. The molecule has 0 aliphatic carbocycles. The summed E-state index contributed by atoms with van der Waals surface area (Å²) in [5, 5.41) is 0. The van der Waals surface area contributed by atoms with Gasteiger partial charge in [-0.25, -0.2) is 0 Å². The van der Waals surface area contributed by atoms with Crippen LogP contribution >= 0.6 is 15.9 Å². The van der Waals surface area contributed by atoms with E-state index in [4.69, 9.17) is 10.5 Å². The molecule has 1 saturated heterocycles. The summed E-state index contributed by atoms with van der Waals surface area (Å²) < 4.78 is 6.95. The van der Waals surface area contributed by atoms with Gasteiger partial charge in [-0.1, -0.05) is 22.9 Å². The SMILES string of the molecule is CCC(N)Cc1cc(Br)ccc1N1C[C@@H](C)O[C@@H](C)C1. The summed E-state index contributed by atoms with van der Waals surface area (Å²) in [6, 6.07) is 6.74. The van der Waals surface area contributed by atoms with Crippen molar-refractivity contribution in [3.8, 4) is 0 Å². The highest BCUT2D eigenvalue weighted by atomic mass is 79.9. The fourth-order valence-electron chi connectivity index (χ4n) is 2.83. The fraction of sp³-hybridized carbons (Fsp3) is 0.625. The molecule has 1 aliphatic heterocycles. The van der Waals surface area contributed by atoms with Crippen molar-refractivity contribution in [2.24, 2.45) is 5.73 Å². The molecule has 3 atom stereocenters. The van der Waals surface area contributed by atoms with Gasteiger partial charge in [-0.3, -0.25) is 0 Å². The van der Waals surface area contributed by atoms with Gasteiger partial charge < -0.3 is 15.4 Å². The van der Waals surface area contributed by atoms with Crippen molar-refractivity contribution >= 4 is 21.6 Å². The summed E-state index contributed by atoms with van der Waals surface area (Å²) in [7, 11) is 0. The first-order valence-corrected chi connectivity index (χ1v) is 8.23. The maximum atomic E-state index is 6.15. The van der Waals surface area contributed by atoms with Crippen LogP contribution in [-0.2, 0) is 11.2 Å². The van der Waals surface area contributed by atoms with Crippen LogP contribution in [0.3, 0.4) is 0 Å². The summed E-state index contributed by atoms with van der Waals surface area (Å²) in [6.07, 6.45) is 2.47. The lowest BCUT2D eigenvalue weighted by atomic mass is 10.0. The molecule has 1 aliphatic rings. The van der Waals surface area contributed by atoms with Gasteiger partial charge in [0.15, 0.2) is 0 Å². The van der Waals surface area contributed by atoms with Crippen molar-refractivity contribution in [1.29, 1.82) is 0 Å². The molecule has 20 heavy (non-hydrogen) atoms. The second kappa shape index (κ2) is 6.92. The van der Waals surface area contributed by atoms with Crippen LogP contribution in [-0.4, -0.2) is 31.3 Å². The molecule has 112 valence electrons. The molecule has 1 aromatic rings. The van der Waals surface area contributed by atoms with E-state index in [1.807, 2.05) is 0 Å². The molecule has 0 radical (unpaired) electrons. The molecule has 0 spiro atoms. The minimum Gasteiger partial charge on any atom is -0.372 e. The van der Waals surface area contributed by atoms with Crippen LogP contribution < -0.4 is 10.6 Å². The van der Waals surface area contributed by atoms with Crippen molar-refractivity contribution in [2.45, 2.75) is 51.9 Å². The van der Waals surface area contributed by atoms with Gasteiger partial charge in [-0.2, -0.15) is 0 Å². The molecule has 3 nitrogen and oxygen atoms in total. The summed E-state index contributed by atoms with van der Waals surface area (Å²) in [6.45, 7) is 8.31. The predicted molar refractivity (Wildman–Crippen MR) is 88.3 cm³/mol. The van der Waals surface area contributed by atoms with E-state index in [1.54, 1.807) is 0 Å². The van der Waals surface area contributed by atoms with E-state index < -0.39 is 0 Å². The highest BCUT2D eigenvalue weighted by Crippen LogP contribution is 2.28. The first kappa shape index (κ1) is 15.8. The van der Waals surface area contributed by atoms with Crippen LogP contribution in [0, 0.1) is 0 Å². The Morgan fingerprint density at radius 3 is 2.60 bits per heavy atom. The number of nitrogens with zero attached hydrogens (tertiary/aromatic N) is 1. The highest BCUT2D eigenvalue weighted by molar-refractivity contribution is 9.10. The van der Waals surface area contributed by atoms with E-state index in [9.17, 15) is 0 Å². The van der Waals surface area contributed by atoms with E-state index in [2.05, 4.69) is 59.8 Å². The van der Waals surface area contributed by atoms with Crippen LogP contribution in [0.4, 0.5) is 5.69 Å². The Kier molecular flexibility index (Phi) is 5.47. The number of ether oxygens (including phenoxy) is 1. The van der Waals surface area contributed by atoms with Gasteiger partial charge in [0.1, 0.15) is 0 Å². The third-order valence-corrected chi connectivity index (χ3v) is 4.30. The Hall–Kier alpha value is -0.580.